The van der Waals surface area contributed by atoms with Gasteiger partial charge in [-0.1, -0.05) is 24.3 Å². The fraction of sp³-hybridized carbons (Fsp3) is 0.125. The van der Waals surface area contributed by atoms with Crippen molar-refractivity contribution in [2.75, 3.05) is 0 Å². The van der Waals surface area contributed by atoms with Crippen LogP contribution < -0.4 is 11.5 Å². The molecule has 2 rings (SSSR count). The Bertz CT molecular complexity index is 609. The third-order valence-corrected chi connectivity index (χ3v) is 2.79. The molecule has 0 aliphatic heterocycles. The average molecular weight is 266 g/mol. The van der Waals surface area contributed by atoms with Crippen molar-refractivity contribution in [3.05, 3.63) is 66.1 Å². The molecule has 0 amide bonds. The summed E-state index contributed by atoms with van der Waals surface area (Å²) in [4.78, 5) is 8.28. The number of aliphatic imine (C=N–C) groups is 1. The highest BCUT2D eigenvalue weighted by Gasteiger charge is 1.97. The Balaban J connectivity index is 2.08. The Kier molecular flexibility index (Phi) is 4.50. The first-order chi connectivity index (χ1) is 9.65. The molecule has 0 unspecified atom stereocenters. The molecule has 1 aromatic carbocycles. The smallest absolute Gasteiger partial charge is 0.120 e. The van der Waals surface area contributed by atoms with Gasteiger partial charge in [0.15, 0.2) is 0 Å². The number of pyridine rings is 1. The second-order valence-electron chi connectivity index (χ2n) is 4.56. The normalized spacial score (nSPS) is 12.4. The molecule has 0 spiro atoms. The maximum Gasteiger partial charge on any atom is 0.120 e. The summed E-state index contributed by atoms with van der Waals surface area (Å²) in [5.74, 6) is 0.447. The lowest BCUT2D eigenvalue weighted by Gasteiger charge is -2.03. The summed E-state index contributed by atoms with van der Waals surface area (Å²) in [6.45, 7) is 2.33. The minimum Gasteiger partial charge on any atom is -0.402 e. The van der Waals surface area contributed by atoms with E-state index in [1.165, 1.54) is 0 Å². The van der Waals surface area contributed by atoms with E-state index in [-0.39, 0.29) is 0 Å². The molecule has 1 heterocycles. The van der Waals surface area contributed by atoms with Gasteiger partial charge in [0.2, 0.25) is 0 Å². The average Bonchev–Trinajstić information content (AvgIpc) is 2.46. The van der Waals surface area contributed by atoms with Gasteiger partial charge in [0.25, 0.3) is 0 Å². The number of allylic oxidation sites excluding steroid dienone is 1. The lowest BCUT2D eigenvalue weighted by Crippen LogP contribution is -2.10. The second kappa shape index (κ2) is 6.52. The zero-order chi connectivity index (χ0) is 14.4. The fourth-order valence-corrected chi connectivity index (χ4v) is 1.81. The Hall–Kier alpha value is -2.62. The molecule has 0 bridgehead atoms. The molecule has 0 saturated heterocycles. The summed E-state index contributed by atoms with van der Waals surface area (Å²) >= 11 is 0. The van der Waals surface area contributed by atoms with Crippen LogP contribution in [0.15, 0.2) is 65.6 Å². The summed E-state index contributed by atoms with van der Waals surface area (Å²) in [6, 6.07) is 12.2. The molecule has 0 aliphatic rings. The first-order valence-corrected chi connectivity index (χ1v) is 6.38. The molecule has 4 nitrogen and oxygen atoms in total. The van der Waals surface area contributed by atoms with Crippen LogP contribution in [-0.4, -0.2) is 10.8 Å². The molecule has 0 saturated carbocycles. The fourth-order valence-electron chi connectivity index (χ4n) is 1.81. The minimum absolute atomic E-state index is 0.447. The highest BCUT2D eigenvalue weighted by molar-refractivity contribution is 5.91. The van der Waals surface area contributed by atoms with E-state index in [1.54, 1.807) is 25.4 Å². The van der Waals surface area contributed by atoms with E-state index >= 15 is 0 Å². The van der Waals surface area contributed by atoms with Gasteiger partial charge in [0.05, 0.1) is 6.54 Å². The number of rotatable bonds is 4. The van der Waals surface area contributed by atoms with E-state index in [4.69, 9.17) is 11.5 Å². The first-order valence-electron chi connectivity index (χ1n) is 6.38. The molecule has 4 N–H and O–H groups in total. The van der Waals surface area contributed by atoms with Crippen molar-refractivity contribution < 1.29 is 0 Å². The SMILES string of the molecule is CC(N)=CC(N)=NCc1ccc(-c2ccncc2)cc1. The number of hydrogen-bond donors (Lipinski definition) is 2. The van der Waals surface area contributed by atoms with Crippen molar-refractivity contribution in [2.45, 2.75) is 13.5 Å². The van der Waals surface area contributed by atoms with E-state index in [9.17, 15) is 0 Å². The highest BCUT2D eigenvalue weighted by Crippen LogP contribution is 2.18. The van der Waals surface area contributed by atoms with E-state index in [2.05, 4.69) is 22.1 Å². The number of nitrogens with zero attached hydrogens (tertiary/aromatic N) is 2. The zero-order valence-electron chi connectivity index (χ0n) is 11.5. The van der Waals surface area contributed by atoms with Gasteiger partial charge in [-0.05, 0) is 41.8 Å². The summed E-state index contributed by atoms with van der Waals surface area (Å²) in [5, 5.41) is 0. The van der Waals surface area contributed by atoms with Crippen LogP contribution in [0.4, 0.5) is 0 Å². The van der Waals surface area contributed by atoms with Gasteiger partial charge >= 0.3 is 0 Å². The van der Waals surface area contributed by atoms with Crippen molar-refractivity contribution in [3.8, 4) is 11.1 Å². The van der Waals surface area contributed by atoms with Crippen LogP contribution in [-0.2, 0) is 6.54 Å². The van der Waals surface area contributed by atoms with Gasteiger partial charge in [-0.25, -0.2) is 0 Å². The lowest BCUT2D eigenvalue weighted by molar-refractivity contribution is 1.06. The Morgan fingerprint density at radius 2 is 1.65 bits per heavy atom. The Labute approximate surface area is 118 Å². The monoisotopic (exact) mass is 266 g/mol. The quantitative estimate of drug-likeness (QED) is 0.659. The molecule has 4 heteroatoms. The summed E-state index contributed by atoms with van der Waals surface area (Å²) in [5.41, 5.74) is 15.3. The largest absolute Gasteiger partial charge is 0.402 e. The number of aromatic nitrogens is 1. The van der Waals surface area contributed by atoms with Gasteiger partial charge in [-0.2, -0.15) is 0 Å². The van der Waals surface area contributed by atoms with Crippen LogP contribution in [0, 0.1) is 0 Å². The number of nitrogens with two attached hydrogens (primary N) is 2. The standard InChI is InChI=1S/C16H18N4/c1-12(17)10-16(18)20-11-13-2-4-14(5-3-13)15-6-8-19-9-7-15/h2-10H,11,17H2,1H3,(H2,18,20). The van der Waals surface area contributed by atoms with Crippen molar-refractivity contribution in [1.82, 2.24) is 4.98 Å². The third-order valence-electron chi connectivity index (χ3n) is 2.79. The minimum atomic E-state index is 0.447. The van der Waals surface area contributed by atoms with Crippen LogP contribution in [0.5, 0.6) is 0 Å². The van der Waals surface area contributed by atoms with Gasteiger partial charge in [-0.3, -0.25) is 9.98 Å². The van der Waals surface area contributed by atoms with Crippen LogP contribution in [0.2, 0.25) is 0 Å². The molecule has 20 heavy (non-hydrogen) atoms. The van der Waals surface area contributed by atoms with Crippen LogP contribution in [0.1, 0.15) is 12.5 Å². The number of benzene rings is 1. The molecule has 2 aromatic rings. The predicted octanol–water partition coefficient (Wildman–Crippen LogP) is 2.47. The highest BCUT2D eigenvalue weighted by atomic mass is 14.8. The molecule has 0 fully saturated rings. The van der Waals surface area contributed by atoms with Crippen LogP contribution in [0.25, 0.3) is 11.1 Å². The molecular weight excluding hydrogens is 248 g/mol. The number of amidine groups is 1. The molecule has 0 radical (unpaired) electrons. The first kappa shape index (κ1) is 13.8. The maximum absolute atomic E-state index is 5.73. The zero-order valence-corrected chi connectivity index (χ0v) is 11.5. The van der Waals surface area contributed by atoms with Gasteiger partial charge in [0, 0.05) is 18.1 Å². The van der Waals surface area contributed by atoms with E-state index in [0.717, 1.165) is 16.7 Å². The van der Waals surface area contributed by atoms with Gasteiger partial charge < -0.3 is 11.5 Å². The van der Waals surface area contributed by atoms with Crippen molar-refractivity contribution in [3.63, 3.8) is 0 Å². The summed E-state index contributed by atoms with van der Waals surface area (Å²) < 4.78 is 0. The number of hydrogen-bond acceptors (Lipinski definition) is 3. The van der Waals surface area contributed by atoms with Gasteiger partial charge in [-0.15, -0.1) is 0 Å². The summed E-state index contributed by atoms with van der Waals surface area (Å²) in [6.07, 6.45) is 5.23. The molecule has 1 aromatic heterocycles. The topological polar surface area (TPSA) is 77.3 Å². The lowest BCUT2D eigenvalue weighted by atomic mass is 10.1. The maximum atomic E-state index is 5.73. The van der Waals surface area contributed by atoms with E-state index in [0.29, 0.717) is 18.1 Å². The second-order valence-corrected chi connectivity index (χ2v) is 4.56. The van der Waals surface area contributed by atoms with E-state index < -0.39 is 0 Å². The third kappa shape index (κ3) is 3.95. The van der Waals surface area contributed by atoms with Gasteiger partial charge in [0.1, 0.15) is 5.84 Å². The van der Waals surface area contributed by atoms with Crippen molar-refractivity contribution in [2.24, 2.45) is 16.5 Å². The van der Waals surface area contributed by atoms with E-state index in [1.807, 2.05) is 24.3 Å². The van der Waals surface area contributed by atoms with Crippen LogP contribution in [0.3, 0.4) is 0 Å². The molecular formula is C16H18N4. The summed E-state index contributed by atoms with van der Waals surface area (Å²) in [7, 11) is 0. The molecule has 0 aliphatic carbocycles. The molecule has 0 atom stereocenters. The van der Waals surface area contributed by atoms with Crippen LogP contribution >= 0.6 is 0 Å². The Morgan fingerprint density at radius 3 is 2.25 bits per heavy atom. The van der Waals surface area contributed by atoms with Crippen molar-refractivity contribution in [1.29, 1.82) is 0 Å². The predicted molar refractivity (Wildman–Crippen MR) is 82.9 cm³/mol. The van der Waals surface area contributed by atoms with Crippen molar-refractivity contribution >= 4 is 5.84 Å². The Morgan fingerprint density at radius 1 is 1.05 bits per heavy atom. The molecule has 102 valence electrons.